The quantitative estimate of drug-likeness (QED) is 0.648. The van der Waals surface area contributed by atoms with E-state index < -0.39 is 0 Å². The van der Waals surface area contributed by atoms with Crippen LogP contribution in [0.3, 0.4) is 0 Å². The minimum Gasteiger partial charge on any atom is -0.313 e. The third-order valence-electron chi connectivity index (χ3n) is 4.07. The summed E-state index contributed by atoms with van der Waals surface area (Å²) in [7, 11) is 0. The number of benzene rings is 1. The first kappa shape index (κ1) is 16.7. The molecule has 1 aliphatic carbocycles. The van der Waals surface area contributed by atoms with Crippen molar-refractivity contribution in [1.29, 1.82) is 0 Å². The zero-order chi connectivity index (χ0) is 15.1. The van der Waals surface area contributed by atoms with Gasteiger partial charge in [-0.25, -0.2) is 4.39 Å². The Morgan fingerprint density at radius 1 is 1.29 bits per heavy atom. The van der Waals surface area contributed by atoms with E-state index in [2.05, 4.69) is 34.2 Å². The van der Waals surface area contributed by atoms with Crippen molar-refractivity contribution >= 4 is 15.9 Å². The summed E-state index contributed by atoms with van der Waals surface area (Å²) in [6, 6.07) is 5.72. The van der Waals surface area contributed by atoms with E-state index >= 15 is 0 Å². The molecule has 3 heteroatoms. The molecule has 0 heterocycles. The fourth-order valence-electron chi connectivity index (χ4n) is 2.94. The first-order chi connectivity index (χ1) is 10.2. The van der Waals surface area contributed by atoms with Gasteiger partial charge in [0.25, 0.3) is 0 Å². The summed E-state index contributed by atoms with van der Waals surface area (Å²) in [6.07, 6.45) is 10.6. The molecule has 0 amide bonds. The lowest BCUT2D eigenvalue weighted by atomic mass is 9.91. The van der Waals surface area contributed by atoms with Crippen LogP contribution in [0.15, 0.2) is 34.3 Å². The Labute approximate surface area is 136 Å². The average molecular weight is 354 g/mol. The fraction of sp³-hybridized carbons (Fsp3) is 0.556. The van der Waals surface area contributed by atoms with Crippen LogP contribution >= 0.6 is 15.9 Å². The van der Waals surface area contributed by atoms with Crippen molar-refractivity contribution in [3.05, 3.63) is 45.7 Å². The highest BCUT2D eigenvalue weighted by atomic mass is 79.9. The highest BCUT2D eigenvalue weighted by Crippen LogP contribution is 2.25. The Balaban J connectivity index is 2.04. The molecule has 1 aromatic carbocycles. The van der Waals surface area contributed by atoms with Crippen LogP contribution in [-0.4, -0.2) is 12.6 Å². The van der Waals surface area contributed by atoms with Gasteiger partial charge >= 0.3 is 0 Å². The Hall–Kier alpha value is -0.670. The molecule has 1 aromatic rings. The second-order valence-corrected chi connectivity index (χ2v) is 6.67. The van der Waals surface area contributed by atoms with Crippen LogP contribution in [0, 0.1) is 5.82 Å². The van der Waals surface area contributed by atoms with Crippen molar-refractivity contribution in [1.82, 2.24) is 5.32 Å². The summed E-state index contributed by atoms with van der Waals surface area (Å²) in [5, 5.41) is 3.63. The van der Waals surface area contributed by atoms with E-state index in [1.807, 2.05) is 6.07 Å². The molecule has 0 fully saturated rings. The molecule has 0 aliphatic heterocycles. The third kappa shape index (κ3) is 5.23. The van der Waals surface area contributed by atoms with Crippen molar-refractivity contribution in [2.24, 2.45) is 0 Å². The molecule has 1 atom stereocenters. The molecule has 1 unspecified atom stereocenters. The standard InChI is InChI=1S/C18H25BrFN/c1-2-11-21-16(12-14-7-4-3-5-8-14)13-15-9-6-10-17(20)18(15)19/h6-7,9-10,16,21H,2-5,8,11-13H2,1H3. The molecular formula is C18H25BrFN. The van der Waals surface area contributed by atoms with Gasteiger partial charge in [-0.3, -0.25) is 0 Å². The highest BCUT2D eigenvalue weighted by molar-refractivity contribution is 9.10. The van der Waals surface area contributed by atoms with E-state index in [1.165, 1.54) is 31.7 Å². The molecule has 0 radical (unpaired) electrons. The maximum Gasteiger partial charge on any atom is 0.137 e. The number of hydrogen-bond acceptors (Lipinski definition) is 1. The van der Waals surface area contributed by atoms with E-state index in [1.54, 1.807) is 11.6 Å². The Morgan fingerprint density at radius 2 is 2.14 bits per heavy atom. The number of hydrogen-bond donors (Lipinski definition) is 1. The van der Waals surface area contributed by atoms with Crippen molar-refractivity contribution in [2.75, 3.05) is 6.54 Å². The first-order valence-electron chi connectivity index (χ1n) is 8.05. The Bertz CT molecular complexity index is 484. The number of allylic oxidation sites excluding steroid dienone is 1. The Morgan fingerprint density at radius 3 is 2.86 bits per heavy atom. The van der Waals surface area contributed by atoms with Crippen molar-refractivity contribution in [2.45, 2.75) is 57.9 Å². The normalized spacial score (nSPS) is 16.6. The van der Waals surface area contributed by atoms with Crippen molar-refractivity contribution in [3.8, 4) is 0 Å². The zero-order valence-electron chi connectivity index (χ0n) is 12.8. The summed E-state index contributed by atoms with van der Waals surface area (Å²) in [5.74, 6) is -0.168. The predicted molar refractivity (Wildman–Crippen MR) is 91.1 cm³/mol. The highest BCUT2D eigenvalue weighted by Gasteiger charge is 2.15. The predicted octanol–water partition coefficient (Wildman–Crippen LogP) is 5.39. The largest absolute Gasteiger partial charge is 0.313 e. The summed E-state index contributed by atoms with van der Waals surface area (Å²) < 4.78 is 14.3. The maximum atomic E-state index is 13.7. The van der Waals surface area contributed by atoms with Gasteiger partial charge in [0.2, 0.25) is 0 Å². The molecule has 0 aromatic heterocycles. The molecule has 21 heavy (non-hydrogen) atoms. The molecular weight excluding hydrogens is 329 g/mol. The maximum absolute atomic E-state index is 13.7. The van der Waals surface area contributed by atoms with Gasteiger partial charge in [-0.05, 0) is 79.1 Å². The van der Waals surface area contributed by atoms with Gasteiger partial charge in [0, 0.05) is 6.04 Å². The van der Waals surface area contributed by atoms with E-state index in [4.69, 9.17) is 0 Å². The molecule has 0 saturated carbocycles. The molecule has 0 spiro atoms. The molecule has 0 saturated heterocycles. The second kappa shape index (κ2) is 8.70. The van der Waals surface area contributed by atoms with Gasteiger partial charge in [0.05, 0.1) is 4.47 Å². The number of halogens is 2. The number of nitrogens with one attached hydrogen (secondary N) is 1. The van der Waals surface area contributed by atoms with Crippen LogP contribution in [0.2, 0.25) is 0 Å². The van der Waals surface area contributed by atoms with Gasteiger partial charge in [-0.1, -0.05) is 30.7 Å². The van der Waals surface area contributed by atoms with Crippen LogP contribution in [0.25, 0.3) is 0 Å². The van der Waals surface area contributed by atoms with Gasteiger partial charge in [0.15, 0.2) is 0 Å². The molecule has 1 nitrogen and oxygen atoms in total. The molecule has 0 bridgehead atoms. The third-order valence-corrected chi connectivity index (χ3v) is 4.96. The summed E-state index contributed by atoms with van der Waals surface area (Å²) in [6.45, 7) is 3.20. The monoisotopic (exact) mass is 353 g/mol. The topological polar surface area (TPSA) is 12.0 Å². The van der Waals surface area contributed by atoms with Crippen LogP contribution in [0.4, 0.5) is 4.39 Å². The van der Waals surface area contributed by atoms with Gasteiger partial charge in [-0.15, -0.1) is 0 Å². The SMILES string of the molecule is CCCNC(CC1=CCCCC1)Cc1cccc(F)c1Br. The van der Waals surface area contributed by atoms with Crippen molar-refractivity contribution in [3.63, 3.8) is 0 Å². The van der Waals surface area contributed by atoms with Crippen LogP contribution < -0.4 is 5.32 Å². The summed E-state index contributed by atoms with van der Waals surface area (Å²) in [4.78, 5) is 0. The smallest absolute Gasteiger partial charge is 0.137 e. The van der Waals surface area contributed by atoms with Gasteiger partial charge in [-0.2, -0.15) is 0 Å². The summed E-state index contributed by atoms with van der Waals surface area (Å²) >= 11 is 3.38. The lowest BCUT2D eigenvalue weighted by molar-refractivity contribution is 0.488. The average Bonchev–Trinajstić information content (AvgIpc) is 2.50. The first-order valence-corrected chi connectivity index (χ1v) is 8.84. The van der Waals surface area contributed by atoms with Crippen molar-refractivity contribution < 1.29 is 4.39 Å². The van der Waals surface area contributed by atoms with Crippen LogP contribution in [0.1, 0.15) is 51.0 Å². The zero-order valence-corrected chi connectivity index (χ0v) is 14.4. The summed E-state index contributed by atoms with van der Waals surface area (Å²) in [5.41, 5.74) is 2.63. The lowest BCUT2D eigenvalue weighted by Gasteiger charge is -2.22. The fourth-order valence-corrected chi connectivity index (χ4v) is 3.37. The van der Waals surface area contributed by atoms with E-state index in [9.17, 15) is 4.39 Å². The molecule has 116 valence electrons. The van der Waals surface area contributed by atoms with Gasteiger partial charge < -0.3 is 5.32 Å². The van der Waals surface area contributed by atoms with E-state index in [-0.39, 0.29) is 5.82 Å². The molecule has 1 aliphatic rings. The minimum absolute atomic E-state index is 0.168. The van der Waals surface area contributed by atoms with Crippen LogP contribution in [0.5, 0.6) is 0 Å². The Kier molecular flexibility index (Phi) is 6.91. The molecule has 2 rings (SSSR count). The van der Waals surface area contributed by atoms with E-state index in [0.717, 1.165) is 31.4 Å². The number of rotatable bonds is 7. The van der Waals surface area contributed by atoms with E-state index in [0.29, 0.717) is 10.5 Å². The lowest BCUT2D eigenvalue weighted by Crippen LogP contribution is -2.32. The van der Waals surface area contributed by atoms with Crippen LogP contribution in [-0.2, 0) is 6.42 Å². The minimum atomic E-state index is -0.168. The van der Waals surface area contributed by atoms with Gasteiger partial charge in [0.1, 0.15) is 5.82 Å². The molecule has 1 N–H and O–H groups in total. The second-order valence-electron chi connectivity index (χ2n) is 5.88.